The molecule has 0 bridgehead atoms. The van der Waals surface area contributed by atoms with E-state index in [0.29, 0.717) is 6.07 Å². The van der Waals surface area contributed by atoms with Crippen LogP contribution in [0.25, 0.3) is 0 Å². The molecule has 0 aliphatic rings. The zero-order valence-corrected chi connectivity index (χ0v) is 9.19. The first-order valence-electron chi connectivity index (χ1n) is 4.34. The minimum atomic E-state index is -5.03. The molecule has 0 aromatic carbocycles. The lowest BCUT2D eigenvalue weighted by molar-refractivity contribution is -0.274. The second-order valence-corrected chi connectivity index (χ2v) is 3.36. The van der Waals surface area contributed by atoms with Crippen molar-refractivity contribution in [2.24, 2.45) is 0 Å². The van der Waals surface area contributed by atoms with Crippen LogP contribution in [-0.2, 0) is 6.42 Å². The molecule has 0 aliphatic heterocycles. The first kappa shape index (κ1) is 14.4. The normalized spacial score (nSPS) is 11.4. The Balaban J connectivity index is 3.23. The Bertz CT molecular complexity index is 483. The van der Waals surface area contributed by atoms with Crippen molar-refractivity contribution in [3.05, 3.63) is 22.5 Å². The Hall–Kier alpha value is -1.62. The molecule has 1 rings (SSSR count). The molecule has 0 spiro atoms. The highest BCUT2D eigenvalue weighted by atomic mass is 35.5. The molecule has 18 heavy (non-hydrogen) atoms. The monoisotopic (exact) mass is 286 g/mol. The van der Waals surface area contributed by atoms with Crippen LogP contribution in [0, 0.1) is 11.3 Å². The molecule has 1 aromatic rings. The quantitative estimate of drug-likeness (QED) is 0.629. The van der Waals surface area contributed by atoms with Gasteiger partial charge in [-0.25, -0.2) is 13.8 Å². The summed E-state index contributed by atoms with van der Waals surface area (Å²) in [6, 6.07) is 2.17. The van der Waals surface area contributed by atoms with Crippen LogP contribution in [0.3, 0.4) is 0 Å². The average molecular weight is 287 g/mol. The van der Waals surface area contributed by atoms with E-state index >= 15 is 0 Å². The van der Waals surface area contributed by atoms with Gasteiger partial charge in [-0.3, -0.25) is 0 Å². The fourth-order valence-corrected chi connectivity index (χ4v) is 1.32. The summed E-state index contributed by atoms with van der Waals surface area (Å²) in [7, 11) is 0. The summed E-state index contributed by atoms with van der Waals surface area (Å²) in [5, 5.41) is 7.56. The van der Waals surface area contributed by atoms with Crippen molar-refractivity contribution in [3.63, 3.8) is 0 Å². The van der Waals surface area contributed by atoms with Gasteiger partial charge in [0.1, 0.15) is 5.69 Å². The van der Waals surface area contributed by atoms with Crippen molar-refractivity contribution < 1.29 is 26.7 Å². The van der Waals surface area contributed by atoms with Gasteiger partial charge >= 0.3 is 6.36 Å². The van der Waals surface area contributed by atoms with Gasteiger partial charge in [-0.2, -0.15) is 5.26 Å². The number of pyridine rings is 1. The topological polar surface area (TPSA) is 45.9 Å². The number of nitrogens with zero attached hydrogens (tertiary/aromatic N) is 2. The molecule has 0 unspecified atom stereocenters. The Kier molecular flexibility index (Phi) is 4.29. The van der Waals surface area contributed by atoms with Crippen molar-refractivity contribution in [2.45, 2.75) is 19.2 Å². The van der Waals surface area contributed by atoms with Gasteiger partial charge in [-0.05, 0) is 11.6 Å². The maximum absolute atomic E-state index is 12.5. The molecule has 9 heteroatoms. The molecule has 0 aliphatic carbocycles. The summed E-state index contributed by atoms with van der Waals surface area (Å²) >= 11 is 5.30. The minimum absolute atomic E-state index is 0.365. The van der Waals surface area contributed by atoms with Gasteiger partial charge in [0.2, 0.25) is 0 Å². The fraction of sp³-hybridized carbons (Fsp3) is 0.333. The van der Waals surface area contributed by atoms with Crippen molar-refractivity contribution in [3.8, 4) is 11.8 Å². The third-order valence-electron chi connectivity index (χ3n) is 1.76. The highest BCUT2D eigenvalue weighted by Gasteiger charge is 2.33. The zero-order chi connectivity index (χ0) is 13.9. The highest BCUT2D eigenvalue weighted by Crippen LogP contribution is 2.33. The third-order valence-corrected chi connectivity index (χ3v) is 2.03. The van der Waals surface area contributed by atoms with Gasteiger partial charge < -0.3 is 4.74 Å². The smallest absolute Gasteiger partial charge is 0.402 e. The van der Waals surface area contributed by atoms with Crippen LogP contribution < -0.4 is 4.74 Å². The van der Waals surface area contributed by atoms with Gasteiger partial charge in [-0.15, -0.1) is 13.2 Å². The van der Waals surface area contributed by atoms with E-state index in [9.17, 15) is 22.0 Å². The highest BCUT2D eigenvalue weighted by molar-refractivity contribution is 6.30. The first-order chi connectivity index (χ1) is 8.24. The van der Waals surface area contributed by atoms with Crippen LogP contribution in [0.15, 0.2) is 6.07 Å². The SMILES string of the molecule is N#CCc1cc(OC(F)(F)F)c(Cl)nc1C(F)F. The van der Waals surface area contributed by atoms with E-state index in [-0.39, 0.29) is 5.56 Å². The summed E-state index contributed by atoms with van der Waals surface area (Å²) in [6.07, 6.45) is -8.61. The molecule has 3 nitrogen and oxygen atoms in total. The van der Waals surface area contributed by atoms with E-state index in [1.165, 1.54) is 6.07 Å². The maximum atomic E-state index is 12.5. The van der Waals surface area contributed by atoms with Gasteiger partial charge in [0.25, 0.3) is 6.43 Å². The lowest BCUT2D eigenvalue weighted by Crippen LogP contribution is -2.18. The Morgan fingerprint density at radius 2 is 2.06 bits per heavy atom. The van der Waals surface area contributed by atoms with E-state index in [2.05, 4.69) is 9.72 Å². The molecular formula is C9H4ClF5N2O. The second kappa shape index (κ2) is 5.35. The molecule has 98 valence electrons. The third kappa shape index (κ3) is 3.70. The van der Waals surface area contributed by atoms with Crippen LogP contribution in [0.2, 0.25) is 5.15 Å². The minimum Gasteiger partial charge on any atom is -0.402 e. The molecule has 0 amide bonds. The second-order valence-electron chi connectivity index (χ2n) is 3.01. The molecule has 0 saturated heterocycles. The Morgan fingerprint density at radius 1 is 1.44 bits per heavy atom. The number of alkyl halides is 5. The summed E-state index contributed by atoms with van der Waals surface area (Å²) in [4.78, 5) is 3.11. The molecular weight excluding hydrogens is 283 g/mol. The average Bonchev–Trinajstić information content (AvgIpc) is 2.20. The zero-order valence-electron chi connectivity index (χ0n) is 8.43. The number of aromatic nitrogens is 1. The predicted molar refractivity (Wildman–Crippen MR) is 50.2 cm³/mol. The van der Waals surface area contributed by atoms with E-state index in [0.717, 1.165) is 0 Å². The van der Waals surface area contributed by atoms with E-state index < -0.39 is 35.8 Å². The molecule has 0 fully saturated rings. The summed E-state index contributed by atoms with van der Waals surface area (Å²) < 4.78 is 64.4. The van der Waals surface area contributed by atoms with Crippen molar-refractivity contribution >= 4 is 11.6 Å². The standard InChI is InChI=1S/C9H4ClF5N2O/c10-7-5(18-9(13,14)15)3-4(1-2-16)6(17-7)8(11)12/h3,8H,1H2. The summed E-state index contributed by atoms with van der Waals surface area (Å²) in [5.74, 6) is -0.918. The van der Waals surface area contributed by atoms with E-state index in [1.54, 1.807) is 0 Å². The number of rotatable bonds is 3. The van der Waals surface area contributed by atoms with Crippen LogP contribution in [0.5, 0.6) is 5.75 Å². The first-order valence-corrected chi connectivity index (χ1v) is 4.72. The number of hydrogen-bond donors (Lipinski definition) is 0. The van der Waals surface area contributed by atoms with Crippen molar-refractivity contribution in [1.29, 1.82) is 5.26 Å². The molecule has 0 N–H and O–H groups in total. The Labute approximate surface area is 103 Å². The predicted octanol–water partition coefficient (Wildman–Crippen LogP) is 3.64. The lowest BCUT2D eigenvalue weighted by Gasteiger charge is -2.13. The molecule has 0 radical (unpaired) electrons. The number of ether oxygens (including phenoxy) is 1. The fourth-order valence-electron chi connectivity index (χ4n) is 1.14. The van der Waals surface area contributed by atoms with Crippen molar-refractivity contribution in [1.82, 2.24) is 4.98 Å². The Morgan fingerprint density at radius 3 is 2.50 bits per heavy atom. The molecule has 0 atom stereocenters. The molecule has 1 aromatic heterocycles. The number of halogens is 6. The van der Waals surface area contributed by atoms with Crippen LogP contribution in [0.1, 0.15) is 17.7 Å². The number of hydrogen-bond acceptors (Lipinski definition) is 3. The molecule has 1 heterocycles. The van der Waals surface area contributed by atoms with E-state index in [4.69, 9.17) is 16.9 Å². The van der Waals surface area contributed by atoms with Gasteiger partial charge in [0, 0.05) is 0 Å². The maximum Gasteiger partial charge on any atom is 0.573 e. The van der Waals surface area contributed by atoms with Crippen molar-refractivity contribution in [2.75, 3.05) is 0 Å². The molecule has 0 saturated carbocycles. The van der Waals surface area contributed by atoms with Crippen LogP contribution in [0.4, 0.5) is 22.0 Å². The largest absolute Gasteiger partial charge is 0.573 e. The van der Waals surface area contributed by atoms with Gasteiger partial charge in [0.15, 0.2) is 10.9 Å². The number of nitriles is 1. The summed E-state index contributed by atoms with van der Waals surface area (Å²) in [6.45, 7) is 0. The van der Waals surface area contributed by atoms with E-state index in [1.807, 2.05) is 0 Å². The van der Waals surface area contributed by atoms with Crippen LogP contribution >= 0.6 is 11.6 Å². The lowest BCUT2D eigenvalue weighted by atomic mass is 10.1. The summed E-state index contributed by atoms with van der Waals surface area (Å²) in [5.41, 5.74) is -1.20. The van der Waals surface area contributed by atoms with Gasteiger partial charge in [-0.1, -0.05) is 11.6 Å². The van der Waals surface area contributed by atoms with Gasteiger partial charge in [0.05, 0.1) is 12.5 Å². The van der Waals surface area contributed by atoms with Crippen LogP contribution in [-0.4, -0.2) is 11.3 Å².